The van der Waals surface area contributed by atoms with Gasteiger partial charge in [0, 0.05) is 5.41 Å². The van der Waals surface area contributed by atoms with E-state index in [-0.39, 0.29) is 5.41 Å². The molecular weight excluding hydrogens is 240 g/mol. The molecular formula is C15H20N2O2. The highest BCUT2D eigenvalue weighted by Gasteiger charge is 2.28. The molecule has 0 bridgehead atoms. The molecule has 0 fully saturated rings. The molecule has 0 aliphatic rings. The van der Waals surface area contributed by atoms with E-state index >= 15 is 0 Å². The molecule has 2 aromatic rings. The molecule has 4 nitrogen and oxygen atoms in total. The fraction of sp³-hybridized carbons (Fsp3) is 0.400. The molecule has 0 amide bonds. The van der Waals surface area contributed by atoms with Gasteiger partial charge in [0.05, 0.1) is 18.4 Å². The monoisotopic (exact) mass is 260 g/mol. The highest BCUT2D eigenvalue weighted by molar-refractivity contribution is 5.76. The Kier molecular flexibility index (Phi) is 3.51. The zero-order valence-corrected chi connectivity index (χ0v) is 11.9. The Bertz CT molecular complexity index is 556. The molecule has 0 atom stereocenters. The van der Waals surface area contributed by atoms with Crippen LogP contribution in [0.5, 0.6) is 5.75 Å². The van der Waals surface area contributed by atoms with Crippen molar-refractivity contribution in [3.05, 3.63) is 30.0 Å². The smallest absolute Gasteiger partial charge is 0.230 e. The van der Waals surface area contributed by atoms with Crippen LogP contribution in [0.2, 0.25) is 0 Å². The van der Waals surface area contributed by atoms with Crippen molar-refractivity contribution in [2.75, 3.05) is 12.8 Å². The minimum atomic E-state index is -0.0730. The Morgan fingerprint density at radius 2 is 1.89 bits per heavy atom. The molecule has 0 saturated heterocycles. The molecule has 0 saturated carbocycles. The standard InChI is InChI=1S/C15H20N2O2/c1-5-15(2,3)13-12(14(16)19-17-13)10-6-8-11(18-4)9-7-10/h6-9H,5,16H2,1-4H3. The second-order valence-corrected chi connectivity index (χ2v) is 5.24. The number of nitrogens with zero attached hydrogens (tertiary/aromatic N) is 1. The van der Waals surface area contributed by atoms with Crippen molar-refractivity contribution in [1.29, 1.82) is 0 Å². The first-order chi connectivity index (χ1) is 8.99. The maximum atomic E-state index is 5.93. The van der Waals surface area contributed by atoms with Gasteiger partial charge in [-0.25, -0.2) is 0 Å². The van der Waals surface area contributed by atoms with E-state index in [0.717, 1.165) is 29.0 Å². The maximum absolute atomic E-state index is 5.93. The SMILES string of the molecule is CCC(C)(C)c1noc(N)c1-c1ccc(OC)cc1. The van der Waals surface area contributed by atoms with Gasteiger partial charge in [0.2, 0.25) is 5.88 Å². The van der Waals surface area contributed by atoms with Crippen molar-refractivity contribution < 1.29 is 9.26 Å². The topological polar surface area (TPSA) is 61.3 Å². The average Bonchev–Trinajstić information content (AvgIpc) is 2.81. The summed E-state index contributed by atoms with van der Waals surface area (Å²) in [5.74, 6) is 1.18. The van der Waals surface area contributed by atoms with Gasteiger partial charge in [-0.3, -0.25) is 0 Å². The number of rotatable bonds is 4. The number of ether oxygens (including phenoxy) is 1. The van der Waals surface area contributed by atoms with Crippen molar-refractivity contribution >= 4 is 5.88 Å². The summed E-state index contributed by atoms with van der Waals surface area (Å²) in [5.41, 5.74) is 8.64. The van der Waals surface area contributed by atoms with Gasteiger partial charge >= 0.3 is 0 Å². The molecule has 2 rings (SSSR count). The first kappa shape index (κ1) is 13.5. The lowest BCUT2D eigenvalue weighted by atomic mass is 9.83. The summed E-state index contributed by atoms with van der Waals surface area (Å²) >= 11 is 0. The van der Waals surface area contributed by atoms with E-state index in [1.54, 1.807) is 7.11 Å². The largest absolute Gasteiger partial charge is 0.497 e. The van der Waals surface area contributed by atoms with E-state index in [4.69, 9.17) is 15.0 Å². The first-order valence-electron chi connectivity index (χ1n) is 6.39. The lowest BCUT2D eigenvalue weighted by Gasteiger charge is -2.21. The highest BCUT2D eigenvalue weighted by atomic mass is 16.5. The third-order valence-electron chi connectivity index (χ3n) is 3.62. The van der Waals surface area contributed by atoms with Crippen LogP contribution < -0.4 is 10.5 Å². The van der Waals surface area contributed by atoms with Crippen molar-refractivity contribution in [3.8, 4) is 16.9 Å². The Morgan fingerprint density at radius 3 is 2.42 bits per heavy atom. The second kappa shape index (κ2) is 4.96. The van der Waals surface area contributed by atoms with Crippen LogP contribution in [-0.4, -0.2) is 12.3 Å². The molecule has 0 aliphatic carbocycles. The third kappa shape index (κ3) is 2.43. The number of hydrogen-bond acceptors (Lipinski definition) is 4. The van der Waals surface area contributed by atoms with Crippen molar-refractivity contribution in [2.24, 2.45) is 0 Å². The predicted octanol–water partition coefficient (Wildman–Crippen LogP) is 3.62. The molecule has 1 heterocycles. The highest BCUT2D eigenvalue weighted by Crippen LogP contribution is 2.38. The first-order valence-corrected chi connectivity index (χ1v) is 6.39. The van der Waals surface area contributed by atoms with Gasteiger partial charge in [-0.2, -0.15) is 0 Å². The van der Waals surface area contributed by atoms with E-state index in [2.05, 4.69) is 25.9 Å². The minimum Gasteiger partial charge on any atom is -0.497 e. The summed E-state index contributed by atoms with van der Waals surface area (Å²) in [6.45, 7) is 6.40. The zero-order chi connectivity index (χ0) is 14.0. The van der Waals surface area contributed by atoms with E-state index in [1.807, 2.05) is 24.3 Å². The molecule has 2 N–H and O–H groups in total. The fourth-order valence-corrected chi connectivity index (χ4v) is 1.97. The number of nitrogens with two attached hydrogens (primary N) is 1. The maximum Gasteiger partial charge on any atom is 0.230 e. The van der Waals surface area contributed by atoms with Gasteiger partial charge in [0.1, 0.15) is 5.75 Å². The van der Waals surface area contributed by atoms with E-state index in [9.17, 15) is 0 Å². The van der Waals surface area contributed by atoms with Crippen LogP contribution in [0.15, 0.2) is 28.8 Å². The Morgan fingerprint density at radius 1 is 1.26 bits per heavy atom. The predicted molar refractivity (Wildman–Crippen MR) is 76.2 cm³/mol. The number of nitrogen functional groups attached to an aromatic ring is 1. The lowest BCUT2D eigenvalue weighted by molar-refractivity contribution is 0.391. The van der Waals surface area contributed by atoms with Crippen LogP contribution in [0.1, 0.15) is 32.9 Å². The molecule has 1 aromatic heterocycles. The summed E-state index contributed by atoms with van der Waals surface area (Å²) in [7, 11) is 1.65. The number of aromatic nitrogens is 1. The van der Waals surface area contributed by atoms with Gasteiger partial charge in [-0.15, -0.1) is 0 Å². The van der Waals surface area contributed by atoms with Crippen LogP contribution >= 0.6 is 0 Å². The van der Waals surface area contributed by atoms with Crippen LogP contribution in [0.3, 0.4) is 0 Å². The summed E-state index contributed by atoms with van der Waals surface area (Å²) in [5, 5.41) is 4.15. The quantitative estimate of drug-likeness (QED) is 0.912. The van der Waals surface area contributed by atoms with Crippen molar-refractivity contribution in [3.63, 3.8) is 0 Å². The van der Waals surface area contributed by atoms with Crippen LogP contribution in [0, 0.1) is 0 Å². The number of benzene rings is 1. The summed E-state index contributed by atoms with van der Waals surface area (Å²) < 4.78 is 10.4. The molecule has 19 heavy (non-hydrogen) atoms. The molecule has 0 radical (unpaired) electrons. The van der Waals surface area contributed by atoms with Crippen LogP contribution in [0.25, 0.3) is 11.1 Å². The van der Waals surface area contributed by atoms with Gasteiger partial charge in [0.25, 0.3) is 0 Å². The second-order valence-electron chi connectivity index (χ2n) is 5.24. The zero-order valence-electron chi connectivity index (χ0n) is 11.9. The molecule has 102 valence electrons. The number of methoxy groups -OCH3 is 1. The van der Waals surface area contributed by atoms with Gasteiger partial charge in [-0.05, 0) is 24.1 Å². The third-order valence-corrected chi connectivity index (χ3v) is 3.62. The molecule has 0 aliphatic heterocycles. The van der Waals surface area contributed by atoms with E-state index in [0.29, 0.717) is 5.88 Å². The summed E-state index contributed by atoms with van der Waals surface area (Å²) in [6, 6.07) is 7.75. The van der Waals surface area contributed by atoms with E-state index < -0.39 is 0 Å². The average molecular weight is 260 g/mol. The summed E-state index contributed by atoms with van der Waals surface area (Å²) in [4.78, 5) is 0. The Balaban J connectivity index is 2.52. The number of anilines is 1. The lowest BCUT2D eigenvalue weighted by Crippen LogP contribution is -2.17. The normalized spacial score (nSPS) is 11.6. The molecule has 0 spiro atoms. The Hall–Kier alpha value is -1.97. The van der Waals surface area contributed by atoms with Crippen molar-refractivity contribution in [2.45, 2.75) is 32.6 Å². The summed E-state index contributed by atoms with van der Waals surface area (Å²) in [6.07, 6.45) is 0.960. The van der Waals surface area contributed by atoms with Gasteiger partial charge in [0.15, 0.2) is 0 Å². The van der Waals surface area contributed by atoms with E-state index in [1.165, 1.54) is 0 Å². The Labute approximate surface area is 113 Å². The van der Waals surface area contributed by atoms with Gasteiger partial charge in [-0.1, -0.05) is 38.1 Å². The molecule has 0 unspecified atom stereocenters. The van der Waals surface area contributed by atoms with Crippen LogP contribution in [0.4, 0.5) is 5.88 Å². The van der Waals surface area contributed by atoms with Gasteiger partial charge < -0.3 is 15.0 Å². The fourth-order valence-electron chi connectivity index (χ4n) is 1.97. The molecule has 1 aromatic carbocycles. The minimum absolute atomic E-state index is 0.0730. The number of hydrogen-bond donors (Lipinski definition) is 1. The molecule has 4 heteroatoms. The van der Waals surface area contributed by atoms with Crippen molar-refractivity contribution in [1.82, 2.24) is 5.16 Å². The van der Waals surface area contributed by atoms with Crippen LogP contribution in [-0.2, 0) is 5.41 Å².